The number of nitrogens with zero attached hydrogens (tertiary/aromatic N) is 2. The first-order chi connectivity index (χ1) is 10.2. The molecule has 104 valence electrons. The summed E-state index contributed by atoms with van der Waals surface area (Å²) in [4.78, 5) is 4.63. The van der Waals surface area contributed by atoms with Gasteiger partial charge in [-0.15, -0.1) is 0 Å². The molecular weight excluding hydrogens is 256 g/mol. The summed E-state index contributed by atoms with van der Waals surface area (Å²) in [6.07, 6.45) is 3.98. The molecule has 0 amide bonds. The van der Waals surface area contributed by atoms with Crippen LogP contribution in [-0.2, 0) is 0 Å². The molecule has 0 fully saturated rings. The third-order valence-corrected chi connectivity index (χ3v) is 3.50. The molecule has 21 heavy (non-hydrogen) atoms. The zero-order valence-corrected chi connectivity index (χ0v) is 12.3. The van der Waals surface area contributed by atoms with Crippen molar-refractivity contribution in [2.24, 2.45) is 4.99 Å². The van der Waals surface area contributed by atoms with E-state index in [2.05, 4.69) is 66.0 Å². The van der Waals surface area contributed by atoms with E-state index in [1.807, 2.05) is 30.5 Å². The van der Waals surface area contributed by atoms with E-state index in [4.69, 9.17) is 0 Å². The van der Waals surface area contributed by atoms with Gasteiger partial charge in [0.15, 0.2) is 0 Å². The van der Waals surface area contributed by atoms with E-state index in [0.29, 0.717) is 0 Å². The van der Waals surface area contributed by atoms with Gasteiger partial charge in [0.25, 0.3) is 0 Å². The van der Waals surface area contributed by atoms with Gasteiger partial charge in [0, 0.05) is 11.9 Å². The Balaban J connectivity index is 1.93. The van der Waals surface area contributed by atoms with Gasteiger partial charge in [0.05, 0.1) is 17.6 Å². The second kappa shape index (κ2) is 5.80. The Kier molecular flexibility index (Phi) is 3.69. The summed E-state index contributed by atoms with van der Waals surface area (Å²) in [7, 11) is 0. The van der Waals surface area contributed by atoms with Gasteiger partial charge in [0.2, 0.25) is 0 Å². The number of aromatic nitrogens is 1. The largest absolute Gasteiger partial charge is 0.316 e. The summed E-state index contributed by atoms with van der Waals surface area (Å²) >= 11 is 0. The number of para-hydroxylation sites is 1. The molecular formula is C19H18N2. The number of benzene rings is 2. The first-order valence-electron chi connectivity index (χ1n) is 7.08. The molecule has 0 atom stereocenters. The van der Waals surface area contributed by atoms with Crippen LogP contribution >= 0.6 is 0 Å². The Morgan fingerprint density at radius 1 is 0.905 bits per heavy atom. The summed E-state index contributed by atoms with van der Waals surface area (Å²) < 4.78 is 2.13. The molecule has 2 nitrogen and oxygen atoms in total. The summed E-state index contributed by atoms with van der Waals surface area (Å²) in [5.41, 5.74) is 5.69. The van der Waals surface area contributed by atoms with Gasteiger partial charge in [-0.2, -0.15) is 0 Å². The lowest BCUT2D eigenvalue weighted by Gasteiger charge is -2.06. The minimum absolute atomic E-state index is 1.02. The average molecular weight is 274 g/mol. The normalized spacial score (nSPS) is 11.1. The van der Waals surface area contributed by atoms with Crippen LogP contribution in [0, 0.1) is 13.8 Å². The van der Waals surface area contributed by atoms with Crippen LogP contribution < -0.4 is 0 Å². The fourth-order valence-electron chi connectivity index (χ4n) is 2.41. The maximum atomic E-state index is 4.63. The molecule has 0 saturated heterocycles. The van der Waals surface area contributed by atoms with E-state index in [9.17, 15) is 0 Å². The predicted molar refractivity (Wildman–Crippen MR) is 88.9 cm³/mol. The van der Waals surface area contributed by atoms with Crippen molar-refractivity contribution in [3.63, 3.8) is 0 Å². The molecule has 0 N–H and O–H groups in total. The van der Waals surface area contributed by atoms with E-state index >= 15 is 0 Å². The lowest BCUT2D eigenvalue weighted by Crippen LogP contribution is -1.97. The van der Waals surface area contributed by atoms with E-state index < -0.39 is 0 Å². The van der Waals surface area contributed by atoms with Crippen molar-refractivity contribution in [3.8, 4) is 5.69 Å². The third-order valence-electron chi connectivity index (χ3n) is 3.50. The Labute approximate surface area is 125 Å². The summed E-state index contributed by atoms with van der Waals surface area (Å²) in [5.74, 6) is 0. The van der Waals surface area contributed by atoms with Crippen LogP contribution in [0.1, 0.15) is 16.8 Å². The zero-order chi connectivity index (χ0) is 14.7. The van der Waals surface area contributed by atoms with Gasteiger partial charge in [-0.05, 0) is 49.7 Å². The first-order valence-corrected chi connectivity index (χ1v) is 7.08. The number of rotatable bonds is 3. The molecule has 0 aliphatic heterocycles. The van der Waals surface area contributed by atoms with Crippen LogP contribution in [0.2, 0.25) is 0 Å². The van der Waals surface area contributed by atoms with Gasteiger partial charge >= 0.3 is 0 Å². The van der Waals surface area contributed by atoms with Crippen LogP contribution in [0.3, 0.4) is 0 Å². The fourth-order valence-corrected chi connectivity index (χ4v) is 2.41. The second-order valence-corrected chi connectivity index (χ2v) is 5.19. The predicted octanol–water partition coefficient (Wildman–Crippen LogP) is 4.84. The summed E-state index contributed by atoms with van der Waals surface area (Å²) in [6, 6.07) is 20.7. The van der Waals surface area contributed by atoms with Gasteiger partial charge < -0.3 is 4.57 Å². The Morgan fingerprint density at radius 3 is 2.48 bits per heavy atom. The number of hydrogen-bond acceptors (Lipinski definition) is 1. The molecule has 1 heterocycles. The van der Waals surface area contributed by atoms with Crippen LogP contribution in [-0.4, -0.2) is 10.8 Å². The van der Waals surface area contributed by atoms with Crippen LogP contribution in [0.25, 0.3) is 5.69 Å². The van der Waals surface area contributed by atoms with Crippen LogP contribution in [0.5, 0.6) is 0 Å². The van der Waals surface area contributed by atoms with Gasteiger partial charge in [0.1, 0.15) is 0 Å². The molecule has 0 bridgehead atoms. The molecule has 0 aliphatic rings. The molecule has 0 aliphatic carbocycles. The molecule has 2 heteroatoms. The van der Waals surface area contributed by atoms with Crippen LogP contribution in [0.4, 0.5) is 5.69 Å². The van der Waals surface area contributed by atoms with Crippen molar-refractivity contribution in [2.75, 3.05) is 0 Å². The highest BCUT2D eigenvalue weighted by Gasteiger charge is 2.01. The number of aryl methyl sites for hydroxylation is 2. The zero-order valence-electron chi connectivity index (χ0n) is 12.3. The number of aliphatic imine (C=N–C) groups is 1. The minimum atomic E-state index is 1.02. The second-order valence-electron chi connectivity index (χ2n) is 5.19. The topological polar surface area (TPSA) is 17.3 Å². The maximum absolute atomic E-state index is 4.63. The van der Waals surface area contributed by atoms with Crippen molar-refractivity contribution >= 4 is 11.9 Å². The standard InChI is InChI=1S/C19H18N2/c1-15-10-11-19(16(2)13-15)20-14-18-9-6-12-21(18)17-7-4-3-5-8-17/h3-14H,1-2H3. The average Bonchev–Trinajstić information content (AvgIpc) is 2.96. The SMILES string of the molecule is Cc1ccc(N=Cc2cccn2-c2ccccc2)c(C)c1. The highest BCUT2D eigenvalue weighted by Crippen LogP contribution is 2.20. The summed E-state index contributed by atoms with van der Waals surface area (Å²) in [6.45, 7) is 4.19. The highest BCUT2D eigenvalue weighted by atomic mass is 15.0. The molecule has 0 spiro atoms. The van der Waals surface area contributed by atoms with Crippen molar-refractivity contribution < 1.29 is 0 Å². The van der Waals surface area contributed by atoms with Crippen molar-refractivity contribution in [1.29, 1.82) is 0 Å². The minimum Gasteiger partial charge on any atom is -0.316 e. The smallest absolute Gasteiger partial charge is 0.0659 e. The fraction of sp³-hybridized carbons (Fsp3) is 0.105. The van der Waals surface area contributed by atoms with Crippen LogP contribution in [0.15, 0.2) is 71.9 Å². The molecule has 3 rings (SSSR count). The lowest BCUT2D eigenvalue weighted by molar-refractivity contribution is 1.07. The van der Waals surface area contributed by atoms with Gasteiger partial charge in [-0.25, -0.2) is 0 Å². The Morgan fingerprint density at radius 2 is 1.71 bits per heavy atom. The lowest BCUT2D eigenvalue weighted by atomic mass is 10.1. The molecule has 1 aromatic heterocycles. The maximum Gasteiger partial charge on any atom is 0.0659 e. The summed E-state index contributed by atoms with van der Waals surface area (Å²) in [5, 5.41) is 0. The van der Waals surface area contributed by atoms with Crippen molar-refractivity contribution in [3.05, 3.63) is 83.7 Å². The molecule has 0 saturated carbocycles. The van der Waals surface area contributed by atoms with Crippen molar-refractivity contribution in [2.45, 2.75) is 13.8 Å². The Hall–Kier alpha value is -2.61. The van der Waals surface area contributed by atoms with E-state index in [1.165, 1.54) is 11.1 Å². The van der Waals surface area contributed by atoms with E-state index in [1.54, 1.807) is 0 Å². The first kappa shape index (κ1) is 13.4. The van der Waals surface area contributed by atoms with Gasteiger partial charge in [-0.3, -0.25) is 4.99 Å². The molecule has 3 aromatic rings. The highest BCUT2D eigenvalue weighted by molar-refractivity contribution is 5.81. The van der Waals surface area contributed by atoms with Crippen molar-refractivity contribution in [1.82, 2.24) is 4.57 Å². The molecule has 0 radical (unpaired) electrons. The Bertz CT molecular complexity index is 767. The third kappa shape index (κ3) is 2.95. The quantitative estimate of drug-likeness (QED) is 0.608. The molecule has 0 unspecified atom stereocenters. The monoisotopic (exact) mass is 274 g/mol. The number of hydrogen-bond donors (Lipinski definition) is 0. The van der Waals surface area contributed by atoms with Gasteiger partial charge in [-0.1, -0.05) is 35.9 Å². The molecule has 2 aromatic carbocycles. The van der Waals surface area contributed by atoms with E-state index in [-0.39, 0.29) is 0 Å². The van der Waals surface area contributed by atoms with E-state index in [0.717, 1.165) is 17.1 Å².